The Morgan fingerprint density at radius 2 is 1.81 bits per heavy atom. The van der Waals surface area contributed by atoms with E-state index in [2.05, 4.69) is 37.3 Å². The van der Waals surface area contributed by atoms with Crippen LogP contribution in [0.5, 0.6) is 11.5 Å². The molecule has 1 fully saturated rings. The SMILES string of the molecule is CCNC(=NCc1ccc(OC)cc1OC)NCCN1CCN(c2ncccn2)CC1.I. The fraction of sp³-hybridized carbons (Fsp3) is 0.500. The lowest BCUT2D eigenvalue weighted by Crippen LogP contribution is -2.49. The van der Waals surface area contributed by atoms with E-state index in [-0.39, 0.29) is 24.0 Å². The Balaban J connectivity index is 0.00000363. The standard InChI is InChI=1S/C22H33N7O2.HI/c1-4-23-21(27-17-18-6-7-19(30-2)16-20(18)31-3)24-10-11-28-12-14-29(15-13-28)22-25-8-5-9-26-22;/h5-9,16H,4,10-15,17H2,1-3H3,(H2,23,24,27);1H. The van der Waals surface area contributed by atoms with Crippen molar-refractivity contribution in [1.29, 1.82) is 0 Å². The molecule has 0 atom stereocenters. The molecule has 9 nitrogen and oxygen atoms in total. The third kappa shape index (κ3) is 7.66. The van der Waals surface area contributed by atoms with Crippen molar-refractivity contribution in [2.75, 3.05) is 64.9 Å². The molecule has 1 aliphatic heterocycles. The maximum atomic E-state index is 5.47. The topological polar surface area (TPSA) is 87.1 Å². The van der Waals surface area contributed by atoms with E-state index in [1.807, 2.05) is 24.3 Å². The lowest BCUT2D eigenvalue weighted by atomic mass is 10.2. The number of nitrogens with zero attached hydrogens (tertiary/aromatic N) is 5. The van der Waals surface area contributed by atoms with E-state index < -0.39 is 0 Å². The molecule has 176 valence electrons. The highest BCUT2D eigenvalue weighted by molar-refractivity contribution is 14.0. The van der Waals surface area contributed by atoms with E-state index in [4.69, 9.17) is 14.5 Å². The first kappa shape index (κ1) is 25.9. The molecular formula is C22H34IN7O2. The lowest BCUT2D eigenvalue weighted by molar-refractivity contribution is 0.260. The summed E-state index contributed by atoms with van der Waals surface area (Å²) in [5, 5.41) is 6.74. The largest absolute Gasteiger partial charge is 0.497 e. The summed E-state index contributed by atoms with van der Waals surface area (Å²) in [6.07, 6.45) is 3.59. The van der Waals surface area contributed by atoms with E-state index in [0.717, 1.165) is 74.8 Å². The molecule has 2 aromatic rings. The Morgan fingerprint density at radius 3 is 2.47 bits per heavy atom. The summed E-state index contributed by atoms with van der Waals surface area (Å²) < 4.78 is 10.7. The zero-order valence-electron chi connectivity index (χ0n) is 19.1. The zero-order valence-corrected chi connectivity index (χ0v) is 21.4. The number of ether oxygens (including phenoxy) is 2. The third-order valence-corrected chi connectivity index (χ3v) is 5.17. The van der Waals surface area contributed by atoms with Crippen molar-refractivity contribution in [2.45, 2.75) is 13.5 Å². The Bertz CT molecular complexity index is 830. The van der Waals surface area contributed by atoms with E-state index in [0.29, 0.717) is 6.54 Å². The summed E-state index contributed by atoms with van der Waals surface area (Å²) >= 11 is 0. The molecule has 10 heteroatoms. The van der Waals surface area contributed by atoms with Crippen LogP contribution < -0.4 is 25.0 Å². The summed E-state index contributed by atoms with van der Waals surface area (Å²) in [5.41, 5.74) is 1.01. The number of hydrogen-bond acceptors (Lipinski definition) is 7. The van der Waals surface area contributed by atoms with Crippen molar-refractivity contribution in [3.63, 3.8) is 0 Å². The molecule has 2 N–H and O–H groups in total. The van der Waals surface area contributed by atoms with Crippen LogP contribution in [0.3, 0.4) is 0 Å². The van der Waals surface area contributed by atoms with Gasteiger partial charge >= 0.3 is 0 Å². The van der Waals surface area contributed by atoms with Gasteiger partial charge in [-0.1, -0.05) is 0 Å². The van der Waals surface area contributed by atoms with Crippen LogP contribution in [0.1, 0.15) is 12.5 Å². The van der Waals surface area contributed by atoms with Gasteiger partial charge in [0, 0.05) is 69.8 Å². The number of benzene rings is 1. The number of anilines is 1. The summed E-state index contributed by atoms with van der Waals surface area (Å²) in [4.78, 5) is 18.1. The molecular weight excluding hydrogens is 521 g/mol. The van der Waals surface area contributed by atoms with Gasteiger partial charge in [0.25, 0.3) is 0 Å². The molecule has 3 rings (SSSR count). The minimum atomic E-state index is 0. The van der Waals surface area contributed by atoms with Gasteiger partial charge in [-0.25, -0.2) is 15.0 Å². The zero-order chi connectivity index (χ0) is 21.9. The van der Waals surface area contributed by atoms with Crippen molar-refractivity contribution >= 4 is 35.9 Å². The number of nitrogens with one attached hydrogen (secondary N) is 2. The Morgan fingerprint density at radius 1 is 1.06 bits per heavy atom. The molecule has 0 aliphatic carbocycles. The molecule has 32 heavy (non-hydrogen) atoms. The second kappa shape index (κ2) is 13.9. The summed E-state index contributed by atoms with van der Waals surface area (Å²) in [6, 6.07) is 7.64. The molecule has 0 spiro atoms. The Hall–Kier alpha value is -2.34. The van der Waals surface area contributed by atoms with Crippen LogP contribution in [0.15, 0.2) is 41.7 Å². The van der Waals surface area contributed by atoms with Gasteiger partial charge in [-0.05, 0) is 25.1 Å². The fourth-order valence-corrected chi connectivity index (χ4v) is 3.45. The van der Waals surface area contributed by atoms with Crippen molar-refractivity contribution in [3.05, 3.63) is 42.2 Å². The second-order valence-corrected chi connectivity index (χ2v) is 7.18. The van der Waals surface area contributed by atoms with E-state index in [9.17, 15) is 0 Å². The third-order valence-electron chi connectivity index (χ3n) is 5.17. The molecule has 0 amide bonds. The van der Waals surface area contributed by atoms with Gasteiger partial charge < -0.3 is 25.0 Å². The van der Waals surface area contributed by atoms with Crippen LogP contribution in [0.4, 0.5) is 5.95 Å². The predicted molar refractivity (Wildman–Crippen MR) is 138 cm³/mol. The smallest absolute Gasteiger partial charge is 0.225 e. The quantitative estimate of drug-likeness (QED) is 0.276. The van der Waals surface area contributed by atoms with Crippen LogP contribution in [0, 0.1) is 0 Å². The maximum absolute atomic E-state index is 5.47. The number of guanidine groups is 1. The summed E-state index contributed by atoms with van der Waals surface area (Å²) in [7, 11) is 3.31. The molecule has 1 aliphatic rings. The van der Waals surface area contributed by atoms with Gasteiger partial charge in [-0.3, -0.25) is 4.90 Å². The second-order valence-electron chi connectivity index (χ2n) is 7.18. The van der Waals surface area contributed by atoms with Gasteiger partial charge in [0.2, 0.25) is 5.95 Å². The maximum Gasteiger partial charge on any atom is 0.225 e. The highest BCUT2D eigenvalue weighted by Gasteiger charge is 2.18. The number of methoxy groups -OCH3 is 2. The average Bonchev–Trinajstić information content (AvgIpc) is 2.83. The predicted octanol–water partition coefficient (Wildman–Crippen LogP) is 1.99. The van der Waals surface area contributed by atoms with Gasteiger partial charge in [0.1, 0.15) is 11.5 Å². The molecule has 0 bridgehead atoms. The van der Waals surface area contributed by atoms with Crippen molar-refractivity contribution in [1.82, 2.24) is 25.5 Å². The number of aromatic nitrogens is 2. The van der Waals surface area contributed by atoms with Gasteiger partial charge in [0.05, 0.1) is 20.8 Å². The Kier molecular flexibility index (Phi) is 11.3. The van der Waals surface area contributed by atoms with Crippen LogP contribution >= 0.6 is 24.0 Å². The number of aliphatic imine (C=N–C) groups is 1. The summed E-state index contributed by atoms with van der Waals surface area (Å²) in [6.45, 7) is 9.06. The number of piperazine rings is 1. The van der Waals surface area contributed by atoms with Crippen LogP contribution in [-0.2, 0) is 6.54 Å². The molecule has 0 unspecified atom stereocenters. The minimum Gasteiger partial charge on any atom is -0.497 e. The molecule has 0 radical (unpaired) electrons. The first-order valence-electron chi connectivity index (χ1n) is 10.7. The van der Waals surface area contributed by atoms with E-state index >= 15 is 0 Å². The molecule has 0 saturated carbocycles. The number of halogens is 1. The molecule has 2 heterocycles. The fourth-order valence-electron chi connectivity index (χ4n) is 3.45. The average molecular weight is 555 g/mol. The van der Waals surface area contributed by atoms with Crippen LogP contribution in [0.2, 0.25) is 0 Å². The minimum absolute atomic E-state index is 0. The highest BCUT2D eigenvalue weighted by Crippen LogP contribution is 2.25. The van der Waals surface area contributed by atoms with Gasteiger partial charge in [-0.15, -0.1) is 24.0 Å². The first-order chi connectivity index (χ1) is 15.2. The van der Waals surface area contributed by atoms with Crippen molar-refractivity contribution < 1.29 is 9.47 Å². The monoisotopic (exact) mass is 555 g/mol. The van der Waals surface area contributed by atoms with Crippen LogP contribution in [0.25, 0.3) is 0 Å². The molecule has 1 aromatic carbocycles. The first-order valence-corrected chi connectivity index (χ1v) is 10.7. The van der Waals surface area contributed by atoms with Crippen LogP contribution in [-0.4, -0.2) is 80.9 Å². The van der Waals surface area contributed by atoms with Crippen molar-refractivity contribution in [2.24, 2.45) is 4.99 Å². The summed E-state index contributed by atoms with van der Waals surface area (Å²) in [5.74, 6) is 3.17. The lowest BCUT2D eigenvalue weighted by Gasteiger charge is -2.34. The molecule has 1 saturated heterocycles. The van der Waals surface area contributed by atoms with E-state index in [1.165, 1.54) is 0 Å². The molecule has 1 aromatic heterocycles. The number of hydrogen-bond donors (Lipinski definition) is 2. The van der Waals surface area contributed by atoms with E-state index in [1.54, 1.807) is 26.6 Å². The van der Waals surface area contributed by atoms with Crippen molar-refractivity contribution in [3.8, 4) is 11.5 Å². The van der Waals surface area contributed by atoms with Gasteiger partial charge in [0.15, 0.2) is 5.96 Å². The Labute approximate surface area is 207 Å². The highest BCUT2D eigenvalue weighted by atomic mass is 127. The normalized spacial score (nSPS) is 14.5. The number of rotatable bonds is 9. The van der Waals surface area contributed by atoms with Gasteiger partial charge in [-0.2, -0.15) is 0 Å².